The van der Waals surface area contributed by atoms with Gasteiger partial charge >= 0.3 is 23.9 Å². The minimum atomic E-state index is -0.464. The molecule has 6 aromatic rings. The van der Waals surface area contributed by atoms with Gasteiger partial charge in [-0.3, -0.25) is 9.59 Å². The number of ether oxygens (including phenoxy) is 8. The number of methoxy groups -OCH3 is 4. The summed E-state index contributed by atoms with van der Waals surface area (Å²) in [6, 6.07) is 40.2. The number of aromatic hydroxyl groups is 2. The summed E-state index contributed by atoms with van der Waals surface area (Å²) in [6.45, 7) is 16.1. The van der Waals surface area contributed by atoms with Gasteiger partial charge in [-0.15, -0.1) is 35.5 Å². The fourth-order valence-electron chi connectivity index (χ4n) is 12.5. The molecule has 0 spiro atoms. The number of carbonyl (C=O) groups excluding carboxylic acids is 6. The topological polar surface area (TPSA) is 217 Å². The van der Waals surface area contributed by atoms with Crippen LogP contribution in [0.2, 0.25) is 0 Å². The fraction of sp³-hybridized carbons (Fsp3) is 0.571. The summed E-state index contributed by atoms with van der Waals surface area (Å²) in [5.74, 6) is 20.6. The van der Waals surface area contributed by atoms with E-state index in [0.29, 0.717) is 71.3 Å². The zero-order chi connectivity index (χ0) is 97.4. The molecule has 0 saturated carbocycles. The quantitative estimate of drug-likeness (QED) is 0.00690. The van der Waals surface area contributed by atoms with Crippen LogP contribution in [0, 0.1) is 35.5 Å². The highest BCUT2D eigenvalue weighted by molar-refractivity contribution is 14.1. The highest BCUT2D eigenvalue weighted by Crippen LogP contribution is 2.22. The third-order valence-corrected chi connectivity index (χ3v) is 21.9. The van der Waals surface area contributed by atoms with Gasteiger partial charge in [-0.05, 0) is 190 Å². The van der Waals surface area contributed by atoms with E-state index in [-0.39, 0.29) is 23.4 Å². The number of rotatable bonds is 59. The van der Waals surface area contributed by atoms with Crippen LogP contribution < -0.4 is 18.9 Å². The Bertz CT molecular complexity index is 3960. The van der Waals surface area contributed by atoms with Gasteiger partial charge in [-0.2, -0.15) is 0 Å². The molecule has 0 aliphatic carbocycles. The first kappa shape index (κ1) is 126. The van der Waals surface area contributed by atoms with Gasteiger partial charge in [0.1, 0.15) is 34.5 Å². The van der Waals surface area contributed by atoms with Gasteiger partial charge in [0.05, 0.1) is 77.1 Å². The van der Waals surface area contributed by atoms with Crippen LogP contribution in [0.3, 0.4) is 0 Å². The largest absolute Gasteiger partial charge is 0.508 e. The fourth-order valence-corrected chi connectivity index (χ4v) is 13.5. The number of phenols is 2. The average molecular weight is 2040 g/mol. The lowest BCUT2D eigenvalue weighted by molar-refractivity contribution is 0.0591. The average Bonchev–Trinajstić information content (AvgIpc) is 0.880. The number of benzene rings is 6. The van der Waals surface area contributed by atoms with Crippen molar-refractivity contribution >= 4 is 96.1 Å². The maximum absolute atomic E-state index is 11.4. The molecule has 0 bridgehead atoms. The van der Waals surface area contributed by atoms with Crippen molar-refractivity contribution in [3.8, 4) is 70.0 Å². The predicted molar refractivity (Wildman–Crippen MR) is 561 cm³/mol. The standard InChI is InChI=1S/C19H30O3.C19H26O3.C18H27ClO2.C18H23ClO2.C11H23Br.C11H19I.2C8H8O3/c2*1-3-4-5-6-7-8-9-10-11-15-22-18-14-12-13-17(16-18)19(20)21-2;2*1-2-3-4-5-6-7-8-9-10-14-21-17-13-11-12-16(15-17)18(19)20;2*1-2-3-4-5-6-7-8-9-10-11-12;2*1-11-8(10)6-3-2-4-7(9)5-6/h12-14,16H,3-11,15H2,1-2H3;12-14,16H,3-7,10-11,15H2,1-2H3;11-13,15H,2-10,14H2,1H3;11-13,15H,2-6,9-10,14H2,1H3;2-11H2,1H3;2-6,9-11H2,1H3;2*2-5,9H,1H3. The van der Waals surface area contributed by atoms with E-state index in [1.807, 2.05) is 30.3 Å². The summed E-state index contributed by atoms with van der Waals surface area (Å²) < 4.78 is 42.0. The molecule has 20 heteroatoms. The number of unbranched alkanes of at least 4 members (excludes halogenated alkanes) is 39. The summed E-state index contributed by atoms with van der Waals surface area (Å²) in [4.78, 5) is 66.6. The highest BCUT2D eigenvalue weighted by Gasteiger charge is 2.11. The number of phenolic OH excluding ortho intramolecular Hbond substituents is 2. The molecule has 0 aliphatic heterocycles. The first-order valence-corrected chi connectivity index (χ1v) is 52.5. The van der Waals surface area contributed by atoms with E-state index in [4.69, 9.17) is 57.1 Å². The lowest BCUT2D eigenvalue weighted by Crippen LogP contribution is -2.02. The van der Waals surface area contributed by atoms with Gasteiger partial charge < -0.3 is 48.1 Å². The van der Waals surface area contributed by atoms with Gasteiger partial charge in [0.15, 0.2) is 0 Å². The number of esters is 4. The summed E-state index contributed by atoms with van der Waals surface area (Å²) in [5, 5.41) is 18.2. The molecule has 0 fully saturated rings. The Hall–Kier alpha value is -8.19. The molecule has 0 amide bonds. The molecule has 132 heavy (non-hydrogen) atoms. The van der Waals surface area contributed by atoms with Crippen molar-refractivity contribution < 1.29 is 76.9 Å². The molecule has 736 valence electrons. The predicted octanol–water partition coefficient (Wildman–Crippen LogP) is 32.6. The van der Waals surface area contributed by atoms with Crippen LogP contribution >= 0.6 is 61.7 Å². The smallest absolute Gasteiger partial charge is 0.337 e. The molecule has 0 saturated heterocycles. The van der Waals surface area contributed by atoms with Crippen molar-refractivity contribution in [2.24, 2.45) is 0 Å². The zero-order valence-corrected chi connectivity index (χ0v) is 87.4. The molecular weight excluding hydrogens is 1880 g/mol. The van der Waals surface area contributed by atoms with Crippen molar-refractivity contribution in [2.75, 3.05) is 64.6 Å². The monoisotopic (exact) mass is 2040 g/mol. The molecular formula is C112H164BrCl2IO16. The lowest BCUT2D eigenvalue weighted by Gasteiger charge is -2.07. The van der Waals surface area contributed by atoms with Gasteiger partial charge in [-0.25, -0.2) is 19.2 Å². The third-order valence-electron chi connectivity index (χ3n) is 20.1. The molecule has 0 aromatic heterocycles. The molecule has 0 unspecified atom stereocenters. The Morgan fingerprint density at radius 2 is 0.477 bits per heavy atom. The van der Waals surface area contributed by atoms with E-state index in [1.165, 1.54) is 306 Å². The van der Waals surface area contributed by atoms with Gasteiger partial charge in [-0.1, -0.05) is 328 Å². The number of hydrogen-bond donors (Lipinski definition) is 2. The summed E-state index contributed by atoms with van der Waals surface area (Å²) in [7, 11) is 5.35. The number of halogens is 4. The lowest BCUT2D eigenvalue weighted by atomic mass is 10.1. The van der Waals surface area contributed by atoms with E-state index < -0.39 is 22.4 Å². The SMILES string of the molecule is CCCCCCC#CCCCI.CCCCCCC#CCCCOc1cccc(C(=O)Cl)c1.CCCCCCC#CCCCOc1cccc(C(=O)OC)c1.CCCCCCCCCCCBr.CCCCCCCCCCCOc1cccc(C(=O)Cl)c1.CCCCCCCCCCCOc1cccc(C(=O)OC)c1.COC(=O)c1cccc(O)c1.COC(=O)c1cccc(O)c1. The maximum Gasteiger partial charge on any atom is 0.337 e. The Morgan fingerprint density at radius 3 is 0.720 bits per heavy atom. The Morgan fingerprint density at radius 1 is 0.273 bits per heavy atom. The Balaban J connectivity index is 0. The van der Waals surface area contributed by atoms with E-state index in [2.05, 4.69) is 130 Å². The summed E-state index contributed by atoms with van der Waals surface area (Å²) in [5.41, 5.74) is 2.70. The van der Waals surface area contributed by atoms with E-state index >= 15 is 0 Å². The first-order chi connectivity index (χ1) is 64.3. The second-order valence-electron chi connectivity index (χ2n) is 31.8. The minimum Gasteiger partial charge on any atom is -0.508 e. The van der Waals surface area contributed by atoms with Crippen LogP contribution in [0.4, 0.5) is 0 Å². The maximum atomic E-state index is 11.4. The number of carbonyl (C=O) groups is 6. The minimum absolute atomic E-state index is 0.0629. The molecule has 0 aliphatic rings. The van der Waals surface area contributed by atoms with Crippen molar-refractivity contribution in [1.29, 1.82) is 0 Å². The summed E-state index contributed by atoms with van der Waals surface area (Å²) in [6.07, 6.45) is 60.7. The molecule has 0 radical (unpaired) electrons. The molecule has 0 atom stereocenters. The van der Waals surface area contributed by atoms with Crippen molar-refractivity contribution in [3.05, 3.63) is 179 Å². The van der Waals surface area contributed by atoms with Crippen LogP contribution in [0.5, 0.6) is 34.5 Å². The first-order valence-electron chi connectivity index (χ1n) is 49.0. The summed E-state index contributed by atoms with van der Waals surface area (Å²) >= 11 is 16.7. The van der Waals surface area contributed by atoms with Crippen molar-refractivity contribution in [1.82, 2.24) is 0 Å². The van der Waals surface area contributed by atoms with E-state index in [0.717, 1.165) is 75.7 Å². The number of hydrogen-bond acceptors (Lipinski definition) is 16. The molecule has 16 nitrogen and oxygen atoms in total. The van der Waals surface area contributed by atoms with E-state index in [9.17, 15) is 28.8 Å². The Labute approximate surface area is 830 Å². The van der Waals surface area contributed by atoms with Crippen LogP contribution in [0.1, 0.15) is 412 Å². The van der Waals surface area contributed by atoms with Crippen LogP contribution in [-0.4, -0.2) is 109 Å². The molecule has 2 N–H and O–H groups in total. The second kappa shape index (κ2) is 95.9. The molecule has 0 heterocycles. The second-order valence-corrected chi connectivity index (χ2v) is 34.3. The van der Waals surface area contributed by atoms with Crippen LogP contribution in [-0.2, 0) is 18.9 Å². The van der Waals surface area contributed by atoms with Crippen LogP contribution in [0.25, 0.3) is 0 Å². The Kier molecular flexibility index (Phi) is 91.5. The van der Waals surface area contributed by atoms with Gasteiger partial charge in [0.2, 0.25) is 0 Å². The van der Waals surface area contributed by atoms with Crippen molar-refractivity contribution in [2.45, 2.75) is 350 Å². The van der Waals surface area contributed by atoms with Crippen LogP contribution in [0.15, 0.2) is 146 Å². The van der Waals surface area contributed by atoms with Gasteiger partial charge in [0.25, 0.3) is 10.5 Å². The molecule has 6 aromatic carbocycles. The van der Waals surface area contributed by atoms with E-state index in [1.54, 1.807) is 91.0 Å². The normalized spacial score (nSPS) is 9.92. The number of alkyl halides is 2. The molecule has 6 rings (SSSR count). The third kappa shape index (κ3) is 79.2. The van der Waals surface area contributed by atoms with Gasteiger partial charge in [0, 0.05) is 59.4 Å². The van der Waals surface area contributed by atoms with Crippen molar-refractivity contribution in [3.63, 3.8) is 0 Å². The highest BCUT2D eigenvalue weighted by atomic mass is 127. The zero-order valence-electron chi connectivity index (χ0n) is 82.2.